The van der Waals surface area contributed by atoms with Crippen LogP contribution in [-0.2, 0) is 17.6 Å². The Morgan fingerprint density at radius 3 is 2.65 bits per heavy atom. The van der Waals surface area contributed by atoms with E-state index in [1.165, 1.54) is 0 Å². The van der Waals surface area contributed by atoms with Gasteiger partial charge in [0, 0.05) is 34.5 Å². The highest BCUT2D eigenvalue weighted by Crippen LogP contribution is 2.49. The van der Waals surface area contributed by atoms with Gasteiger partial charge in [-0.1, -0.05) is 36.6 Å². The zero-order chi connectivity index (χ0) is 25.6. The summed E-state index contributed by atoms with van der Waals surface area (Å²) in [6.07, 6.45) is 8.00. The molecule has 2 fully saturated rings. The van der Waals surface area contributed by atoms with Gasteiger partial charge in [0.05, 0.1) is 11.6 Å². The molecule has 0 spiro atoms. The molecule has 1 amide bonds. The summed E-state index contributed by atoms with van der Waals surface area (Å²) in [5.41, 5.74) is 2.34. The molecule has 37 heavy (non-hydrogen) atoms. The van der Waals surface area contributed by atoms with Crippen molar-refractivity contribution >= 4 is 28.5 Å². The van der Waals surface area contributed by atoms with E-state index in [-0.39, 0.29) is 30.1 Å². The average Bonchev–Trinajstić information content (AvgIpc) is 2.91. The first kappa shape index (κ1) is 24.5. The van der Waals surface area contributed by atoms with E-state index in [9.17, 15) is 14.7 Å². The van der Waals surface area contributed by atoms with Crippen molar-refractivity contribution in [3.8, 4) is 5.75 Å². The van der Waals surface area contributed by atoms with E-state index in [1.54, 1.807) is 6.07 Å². The van der Waals surface area contributed by atoms with Crippen molar-refractivity contribution in [1.82, 2.24) is 4.90 Å². The molecule has 7 heteroatoms. The molecule has 1 aromatic heterocycles. The Bertz CT molecular complexity index is 1380. The summed E-state index contributed by atoms with van der Waals surface area (Å²) in [5.74, 6) is 0.342. The Balaban J connectivity index is 1.24. The summed E-state index contributed by atoms with van der Waals surface area (Å²) in [6.45, 7) is 0.344. The van der Waals surface area contributed by atoms with Crippen molar-refractivity contribution < 1.29 is 19.1 Å². The Labute approximate surface area is 221 Å². The van der Waals surface area contributed by atoms with Gasteiger partial charge in [-0.25, -0.2) is 4.79 Å². The van der Waals surface area contributed by atoms with Crippen molar-refractivity contribution in [3.05, 3.63) is 74.6 Å². The molecule has 2 heterocycles. The minimum Gasteiger partial charge on any atom is -0.484 e. The number of carbonyl (C=O) groups is 1. The fourth-order valence-corrected chi connectivity index (χ4v) is 6.90. The lowest BCUT2D eigenvalue weighted by atomic mass is 9.66. The van der Waals surface area contributed by atoms with E-state index in [2.05, 4.69) is 0 Å². The van der Waals surface area contributed by atoms with Crippen LogP contribution in [-0.4, -0.2) is 34.7 Å². The van der Waals surface area contributed by atoms with Crippen LogP contribution in [0.2, 0.25) is 5.02 Å². The Morgan fingerprint density at radius 2 is 1.84 bits per heavy atom. The SMILES string of the molecule is O=C(COc1ccc2c3c(c(=O)oc2c1)CCCC3)N1CC[C@@]2(O)CCCC[C@H]2[C@@H]1c1ccc(Cl)cc1. The van der Waals surface area contributed by atoms with Crippen LogP contribution in [0.5, 0.6) is 5.75 Å². The number of likely N-dealkylation sites (tertiary alicyclic amines) is 1. The number of aliphatic hydroxyl groups is 1. The molecule has 6 nitrogen and oxygen atoms in total. The minimum absolute atomic E-state index is 0.0266. The molecule has 1 saturated heterocycles. The number of benzene rings is 2. The Hall–Kier alpha value is -2.83. The largest absolute Gasteiger partial charge is 0.484 e. The van der Waals surface area contributed by atoms with Gasteiger partial charge >= 0.3 is 5.63 Å². The third-order valence-electron chi connectivity index (χ3n) is 8.66. The molecule has 3 aliphatic rings. The van der Waals surface area contributed by atoms with Crippen molar-refractivity contribution in [3.63, 3.8) is 0 Å². The van der Waals surface area contributed by atoms with Crippen LogP contribution in [0, 0.1) is 5.92 Å². The zero-order valence-electron chi connectivity index (χ0n) is 20.9. The molecule has 6 rings (SSSR count). The summed E-state index contributed by atoms with van der Waals surface area (Å²) < 4.78 is 11.5. The van der Waals surface area contributed by atoms with Crippen molar-refractivity contribution in [2.45, 2.75) is 69.4 Å². The predicted octanol–water partition coefficient (Wildman–Crippen LogP) is 5.60. The number of hydrogen-bond acceptors (Lipinski definition) is 5. The van der Waals surface area contributed by atoms with Gasteiger partial charge in [-0.2, -0.15) is 0 Å². The van der Waals surface area contributed by atoms with Crippen molar-refractivity contribution in [1.29, 1.82) is 0 Å². The monoisotopic (exact) mass is 521 g/mol. The number of fused-ring (bicyclic) bond motifs is 4. The fourth-order valence-electron chi connectivity index (χ4n) is 6.78. The summed E-state index contributed by atoms with van der Waals surface area (Å²) in [4.78, 5) is 27.9. The zero-order valence-corrected chi connectivity index (χ0v) is 21.6. The average molecular weight is 522 g/mol. The minimum atomic E-state index is -0.755. The van der Waals surface area contributed by atoms with Crippen LogP contribution in [0.15, 0.2) is 51.7 Å². The normalized spacial score (nSPS) is 25.4. The molecule has 2 aromatic carbocycles. The van der Waals surface area contributed by atoms with Gasteiger partial charge in [0.1, 0.15) is 11.3 Å². The maximum Gasteiger partial charge on any atom is 0.339 e. The highest BCUT2D eigenvalue weighted by atomic mass is 35.5. The van der Waals surface area contributed by atoms with E-state index >= 15 is 0 Å². The summed E-state index contributed by atoms with van der Waals surface area (Å²) in [7, 11) is 0. The number of halogens is 1. The van der Waals surface area contributed by atoms with Crippen LogP contribution in [0.25, 0.3) is 11.0 Å². The van der Waals surface area contributed by atoms with Gasteiger partial charge in [-0.15, -0.1) is 0 Å². The predicted molar refractivity (Wildman–Crippen MR) is 142 cm³/mol. The second-order valence-electron chi connectivity index (χ2n) is 10.8. The number of amides is 1. The molecule has 3 atom stereocenters. The molecule has 0 unspecified atom stereocenters. The number of nitrogens with zero attached hydrogens (tertiary/aromatic N) is 1. The maximum atomic E-state index is 13.5. The standard InChI is InChI=1S/C30H32ClNO5/c31-20-10-8-19(9-11-20)28-25-7-3-4-14-30(25,35)15-16-32(28)27(33)18-36-21-12-13-23-22-5-1-2-6-24(22)29(34)37-26(23)17-21/h8-13,17,25,28,35H,1-7,14-16,18H2/t25-,28-,30-/m0/s1. The van der Waals surface area contributed by atoms with E-state index < -0.39 is 5.60 Å². The lowest BCUT2D eigenvalue weighted by Gasteiger charge is -2.52. The lowest BCUT2D eigenvalue weighted by Crippen LogP contribution is -2.56. The topological polar surface area (TPSA) is 80.0 Å². The highest BCUT2D eigenvalue weighted by molar-refractivity contribution is 6.30. The first-order valence-corrected chi connectivity index (χ1v) is 13.8. The van der Waals surface area contributed by atoms with Gasteiger partial charge in [0.25, 0.3) is 5.91 Å². The number of aryl methyl sites for hydroxylation is 1. The van der Waals surface area contributed by atoms with Crippen LogP contribution >= 0.6 is 11.6 Å². The van der Waals surface area contributed by atoms with Crippen LogP contribution in [0.4, 0.5) is 0 Å². The quantitative estimate of drug-likeness (QED) is 0.452. The Kier molecular flexibility index (Phi) is 6.49. The number of piperidine rings is 1. The van der Waals surface area contributed by atoms with E-state index in [0.717, 1.165) is 73.4 Å². The number of ether oxygens (including phenoxy) is 1. The second-order valence-corrected chi connectivity index (χ2v) is 11.2. The third-order valence-corrected chi connectivity index (χ3v) is 8.91. The molecule has 0 bridgehead atoms. The van der Waals surface area contributed by atoms with Crippen LogP contribution in [0.1, 0.15) is 67.7 Å². The molecule has 1 N–H and O–H groups in total. The molecule has 1 saturated carbocycles. The van der Waals surface area contributed by atoms with Gasteiger partial charge < -0.3 is 19.2 Å². The van der Waals surface area contributed by atoms with Gasteiger partial charge in [-0.3, -0.25) is 4.79 Å². The maximum absolute atomic E-state index is 13.5. The molecular formula is C30H32ClNO5. The third kappa shape index (κ3) is 4.55. The smallest absolute Gasteiger partial charge is 0.339 e. The first-order chi connectivity index (χ1) is 17.9. The highest BCUT2D eigenvalue weighted by Gasteiger charge is 2.50. The summed E-state index contributed by atoms with van der Waals surface area (Å²) >= 11 is 6.15. The van der Waals surface area contributed by atoms with E-state index in [4.69, 9.17) is 20.8 Å². The van der Waals surface area contributed by atoms with Gasteiger partial charge in [0.15, 0.2) is 6.61 Å². The van der Waals surface area contributed by atoms with Crippen LogP contribution < -0.4 is 10.4 Å². The molecule has 1 aliphatic heterocycles. The first-order valence-electron chi connectivity index (χ1n) is 13.4. The molecule has 3 aromatic rings. The van der Waals surface area contributed by atoms with Crippen molar-refractivity contribution in [2.75, 3.05) is 13.2 Å². The van der Waals surface area contributed by atoms with E-state index in [0.29, 0.717) is 29.3 Å². The molecule has 0 radical (unpaired) electrons. The van der Waals surface area contributed by atoms with Crippen molar-refractivity contribution in [2.24, 2.45) is 5.92 Å². The summed E-state index contributed by atoms with van der Waals surface area (Å²) in [5, 5.41) is 13.1. The number of carbonyl (C=O) groups excluding carboxylic acids is 1. The molecule has 2 aliphatic carbocycles. The number of rotatable bonds is 4. The fraction of sp³-hybridized carbons (Fsp3) is 0.467. The van der Waals surface area contributed by atoms with Crippen LogP contribution in [0.3, 0.4) is 0 Å². The van der Waals surface area contributed by atoms with Gasteiger partial charge in [0.2, 0.25) is 0 Å². The lowest BCUT2D eigenvalue weighted by molar-refractivity contribution is -0.157. The second kappa shape index (κ2) is 9.80. The number of hydrogen-bond donors (Lipinski definition) is 1. The molecule has 194 valence electrons. The van der Waals surface area contributed by atoms with Gasteiger partial charge in [-0.05, 0) is 80.3 Å². The summed E-state index contributed by atoms with van der Waals surface area (Å²) in [6, 6.07) is 12.9. The molecular weight excluding hydrogens is 490 g/mol. The Morgan fingerprint density at radius 1 is 1.05 bits per heavy atom. The van der Waals surface area contributed by atoms with E-state index in [1.807, 2.05) is 41.3 Å².